The molecular weight excluding hydrogens is 255 g/mol. The fraction of sp³-hybridized carbons (Fsp3) is 0.667. The molecular formula is C12H17FN2O4. The molecule has 2 rings (SSSR count). The normalized spacial score (nSPS) is 26.8. The number of aryl methyl sites for hydroxylation is 1. The Morgan fingerprint density at radius 1 is 1.58 bits per heavy atom. The highest BCUT2D eigenvalue weighted by molar-refractivity contribution is 5.05. The molecule has 1 aromatic heterocycles. The number of hydrogen-bond acceptors (Lipinski definition) is 4. The first-order valence-corrected chi connectivity index (χ1v) is 6.31. The second kappa shape index (κ2) is 5.66. The van der Waals surface area contributed by atoms with E-state index in [2.05, 4.69) is 4.98 Å². The van der Waals surface area contributed by atoms with Crippen LogP contribution in [0.1, 0.15) is 31.6 Å². The Hall–Kier alpha value is -1.47. The van der Waals surface area contributed by atoms with Crippen LogP contribution in [0, 0.1) is 0 Å². The van der Waals surface area contributed by atoms with Gasteiger partial charge in [-0.1, -0.05) is 13.3 Å². The van der Waals surface area contributed by atoms with Crippen molar-refractivity contribution >= 4 is 0 Å². The summed E-state index contributed by atoms with van der Waals surface area (Å²) in [7, 11) is 0. The van der Waals surface area contributed by atoms with Gasteiger partial charge in [0.05, 0.1) is 6.61 Å². The Bertz CT molecular complexity index is 553. The average Bonchev–Trinajstić information content (AvgIpc) is 2.74. The second-order valence-electron chi connectivity index (χ2n) is 4.63. The van der Waals surface area contributed by atoms with Gasteiger partial charge in [0.15, 0.2) is 0 Å². The number of nitrogens with one attached hydrogen (secondary N) is 1. The van der Waals surface area contributed by atoms with Crippen LogP contribution in [0.2, 0.25) is 0 Å². The maximum absolute atomic E-state index is 13.5. The van der Waals surface area contributed by atoms with Crippen LogP contribution in [0.3, 0.4) is 0 Å². The molecule has 106 valence electrons. The van der Waals surface area contributed by atoms with E-state index in [0.717, 1.165) is 6.42 Å². The van der Waals surface area contributed by atoms with Crippen LogP contribution in [0.4, 0.5) is 4.39 Å². The molecule has 7 heteroatoms. The summed E-state index contributed by atoms with van der Waals surface area (Å²) in [6.07, 6.45) is -0.318. The Kier molecular flexibility index (Phi) is 4.16. The standard InChI is InChI=1S/C12H17FN2O4/c1-2-3-7-5-15(12(18)14-11(7)17)10-4-8(13)9(6-16)19-10/h5,8-10,16H,2-4,6H2,1H3,(H,14,17,18)/t8-,9+,10+/m0/s1. The zero-order valence-electron chi connectivity index (χ0n) is 10.6. The van der Waals surface area contributed by atoms with E-state index in [9.17, 15) is 14.0 Å². The van der Waals surface area contributed by atoms with Crippen LogP contribution >= 0.6 is 0 Å². The van der Waals surface area contributed by atoms with Crippen LogP contribution in [-0.2, 0) is 11.2 Å². The van der Waals surface area contributed by atoms with Gasteiger partial charge in [-0.25, -0.2) is 9.18 Å². The van der Waals surface area contributed by atoms with Crippen molar-refractivity contribution in [1.29, 1.82) is 0 Å². The average molecular weight is 272 g/mol. The van der Waals surface area contributed by atoms with Crippen LogP contribution in [0.25, 0.3) is 0 Å². The van der Waals surface area contributed by atoms with Gasteiger partial charge in [-0.05, 0) is 6.42 Å². The van der Waals surface area contributed by atoms with Crippen molar-refractivity contribution in [1.82, 2.24) is 9.55 Å². The first kappa shape index (κ1) is 14.0. The highest BCUT2D eigenvalue weighted by Gasteiger charge is 2.36. The minimum Gasteiger partial charge on any atom is -0.394 e. The number of rotatable bonds is 4. The van der Waals surface area contributed by atoms with Crippen LogP contribution in [0.15, 0.2) is 15.8 Å². The van der Waals surface area contributed by atoms with E-state index in [1.165, 1.54) is 10.8 Å². The number of ether oxygens (including phenoxy) is 1. The fourth-order valence-corrected chi connectivity index (χ4v) is 2.21. The maximum atomic E-state index is 13.5. The van der Waals surface area contributed by atoms with Crippen molar-refractivity contribution in [3.8, 4) is 0 Å². The molecule has 1 aliphatic rings. The minimum atomic E-state index is -1.32. The topological polar surface area (TPSA) is 84.3 Å². The van der Waals surface area contributed by atoms with Crippen molar-refractivity contribution < 1.29 is 14.2 Å². The van der Waals surface area contributed by atoms with Gasteiger partial charge >= 0.3 is 5.69 Å². The van der Waals surface area contributed by atoms with Gasteiger partial charge in [0, 0.05) is 18.2 Å². The van der Waals surface area contributed by atoms with Crippen molar-refractivity contribution in [2.45, 2.75) is 44.7 Å². The summed E-state index contributed by atoms with van der Waals surface area (Å²) in [6.45, 7) is 1.48. The largest absolute Gasteiger partial charge is 0.394 e. The number of aromatic amines is 1. The second-order valence-corrected chi connectivity index (χ2v) is 4.63. The van der Waals surface area contributed by atoms with E-state index in [1.54, 1.807) is 0 Å². The number of aliphatic hydroxyl groups is 1. The van der Waals surface area contributed by atoms with Gasteiger partial charge in [-0.15, -0.1) is 0 Å². The lowest BCUT2D eigenvalue weighted by molar-refractivity contribution is -0.0357. The highest BCUT2D eigenvalue weighted by Crippen LogP contribution is 2.29. The third kappa shape index (κ3) is 2.76. The Labute approximate surface area is 108 Å². The number of aromatic nitrogens is 2. The fourth-order valence-electron chi connectivity index (χ4n) is 2.21. The van der Waals surface area contributed by atoms with Gasteiger partial charge < -0.3 is 9.84 Å². The molecule has 1 fully saturated rings. The first-order valence-electron chi connectivity index (χ1n) is 6.31. The van der Waals surface area contributed by atoms with Crippen molar-refractivity contribution in [2.24, 2.45) is 0 Å². The molecule has 0 amide bonds. The summed E-state index contributed by atoms with van der Waals surface area (Å²) in [6, 6.07) is 0. The molecule has 0 bridgehead atoms. The Morgan fingerprint density at radius 2 is 2.32 bits per heavy atom. The summed E-state index contributed by atoms with van der Waals surface area (Å²) < 4.78 is 20.0. The molecule has 0 saturated carbocycles. The summed E-state index contributed by atoms with van der Waals surface area (Å²) in [5, 5.41) is 8.94. The molecule has 1 aliphatic heterocycles. The van der Waals surface area contributed by atoms with E-state index >= 15 is 0 Å². The zero-order chi connectivity index (χ0) is 14.0. The number of aliphatic hydroxyl groups excluding tert-OH is 1. The van der Waals surface area contributed by atoms with Gasteiger partial charge in [-0.3, -0.25) is 14.3 Å². The van der Waals surface area contributed by atoms with E-state index in [4.69, 9.17) is 9.84 Å². The number of nitrogens with zero attached hydrogens (tertiary/aromatic N) is 1. The van der Waals surface area contributed by atoms with E-state index < -0.39 is 36.4 Å². The van der Waals surface area contributed by atoms with Crippen molar-refractivity contribution in [3.63, 3.8) is 0 Å². The van der Waals surface area contributed by atoms with Gasteiger partial charge in [0.1, 0.15) is 18.5 Å². The number of hydrogen-bond donors (Lipinski definition) is 2. The molecule has 19 heavy (non-hydrogen) atoms. The lowest BCUT2D eigenvalue weighted by atomic mass is 10.2. The minimum absolute atomic E-state index is 0.0112. The molecule has 3 atom stereocenters. The molecule has 1 aromatic rings. The van der Waals surface area contributed by atoms with Gasteiger partial charge in [-0.2, -0.15) is 0 Å². The van der Waals surface area contributed by atoms with Gasteiger partial charge in [0.25, 0.3) is 5.56 Å². The van der Waals surface area contributed by atoms with Crippen LogP contribution < -0.4 is 11.2 Å². The molecule has 0 spiro atoms. The predicted molar refractivity (Wildman–Crippen MR) is 65.8 cm³/mol. The Morgan fingerprint density at radius 3 is 2.89 bits per heavy atom. The third-order valence-corrected chi connectivity index (χ3v) is 3.21. The van der Waals surface area contributed by atoms with E-state index in [0.29, 0.717) is 12.0 Å². The predicted octanol–water partition coefficient (Wildman–Crippen LogP) is 0.107. The molecule has 0 aromatic carbocycles. The summed E-state index contributed by atoms with van der Waals surface area (Å²) in [5.74, 6) is 0. The van der Waals surface area contributed by atoms with Crippen molar-refractivity contribution in [3.05, 3.63) is 32.6 Å². The van der Waals surface area contributed by atoms with Crippen molar-refractivity contribution in [2.75, 3.05) is 6.61 Å². The number of H-pyrrole nitrogens is 1. The van der Waals surface area contributed by atoms with E-state index in [1.807, 2.05) is 6.92 Å². The summed E-state index contributed by atoms with van der Waals surface area (Å²) in [4.78, 5) is 25.5. The maximum Gasteiger partial charge on any atom is 0.330 e. The lowest BCUT2D eigenvalue weighted by Gasteiger charge is -2.15. The quantitative estimate of drug-likeness (QED) is 0.814. The molecule has 1 saturated heterocycles. The molecule has 0 aliphatic carbocycles. The van der Waals surface area contributed by atoms with Gasteiger partial charge in [0.2, 0.25) is 0 Å². The summed E-state index contributed by atoms with van der Waals surface area (Å²) in [5.41, 5.74) is -0.578. The molecule has 2 heterocycles. The number of alkyl halides is 1. The zero-order valence-corrected chi connectivity index (χ0v) is 10.6. The third-order valence-electron chi connectivity index (χ3n) is 3.21. The summed E-state index contributed by atoms with van der Waals surface area (Å²) >= 11 is 0. The van der Waals surface area contributed by atoms with E-state index in [-0.39, 0.29) is 6.42 Å². The van der Waals surface area contributed by atoms with Crippen LogP contribution in [-0.4, -0.2) is 33.5 Å². The molecule has 0 unspecified atom stereocenters. The molecule has 0 radical (unpaired) electrons. The first-order chi connectivity index (χ1) is 9.06. The SMILES string of the molecule is CCCc1cn([C@H]2C[C@H](F)[C@@H](CO)O2)c(=O)[nH]c1=O. The number of halogens is 1. The molecule has 2 N–H and O–H groups in total. The monoisotopic (exact) mass is 272 g/mol. The highest BCUT2D eigenvalue weighted by atomic mass is 19.1. The lowest BCUT2D eigenvalue weighted by Crippen LogP contribution is -2.34. The van der Waals surface area contributed by atoms with Crippen LogP contribution in [0.5, 0.6) is 0 Å². The Balaban J connectivity index is 2.33. The smallest absolute Gasteiger partial charge is 0.330 e. The molecule has 6 nitrogen and oxygen atoms in total.